The van der Waals surface area contributed by atoms with Crippen LogP contribution in [0.2, 0.25) is 0 Å². The second kappa shape index (κ2) is 8.23. The number of ether oxygens (including phenoxy) is 2. The highest BCUT2D eigenvalue weighted by atomic mass is 32.2. The summed E-state index contributed by atoms with van der Waals surface area (Å²) in [4.78, 5) is 24.5. The first-order valence-electron chi connectivity index (χ1n) is 9.38. The SMILES string of the molecule is Cc1ccc(S(=O)(=O)c2ccc(=O)n(CC(=O)NCc3ccc4c(c3)OCO4)n2)cc1. The highest BCUT2D eigenvalue weighted by Crippen LogP contribution is 2.32. The third-order valence-electron chi connectivity index (χ3n) is 4.67. The van der Waals surface area contributed by atoms with Crippen LogP contribution < -0.4 is 20.3 Å². The molecule has 0 aliphatic carbocycles. The maximum absolute atomic E-state index is 12.8. The molecule has 9 nitrogen and oxygen atoms in total. The van der Waals surface area contributed by atoms with E-state index in [9.17, 15) is 18.0 Å². The molecular weight excluding hydrogens is 422 g/mol. The van der Waals surface area contributed by atoms with Crippen molar-refractivity contribution in [3.8, 4) is 11.5 Å². The molecule has 160 valence electrons. The molecule has 1 aliphatic rings. The number of sulfone groups is 1. The van der Waals surface area contributed by atoms with Gasteiger partial charge < -0.3 is 14.8 Å². The van der Waals surface area contributed by atoms with Crippen molar-refractivity contribution < 1.29 is 22.7 Å². The number of carbonyl (C=O) groups is 1. The number of nitrogens with one attached hydrogen (secondary N) is 1. The molecule has 10 heteroatoms. The standard InChI is InChI=1S/C21H19N3O6S/c1-14-2-5-16(6-3-14)31(27,28)20-8-9-21(26)24(23-20)12-19(25)22-11-15-4-7-17-18(10-15)30-13-29-17/h2-10H,11-13H2,1H3,(H,22,25). The Hall–Kier alpha value is -3.66. The predicted octanol–water partition coefficient (Wildman–Crippen LogP) is 1.43. The number of carbonyl (C=O) groups excluding carboxylic acids is 1. The Morgan fingerprint density at radius 3 is 2.58 bits per heavy atom. The van der Waals surface area contributed by atoms with Gasteiger partial charge in [0.2, 0.25) is 22.5 Å². The Kier molecular flexibility index (Phi) is 5.47. The monoisotopic (exact) mass is 441 g/mol. The smallest absolute Gasteiger partial charge is 0.267 e. The van der Waals surface area contributed by atoms with Gasteiger partial charge in [-0.05, 0) is 42.8 Å². The summed E-state index contributed by atoms with van der Waals surface area (Å²) in [5, 5.41) is 6.28. The number of aryl methyl sites for hydroxylation is 1. The lowest BCUT2D eigenvalue weighted by atomic mass is 10.2. The molecule has 1 N–H and O–H groups in total. The van der Waals surface area contributed by atoms with Crippen LogP contribution >= 0.6 is 0 Å². The van der Waals surface area contributed by atoms with E-state index in [0.29, 0.717) is 11.5 Å². The molecule has 1 aliphatic heterocycles. The van der Waals surface area contributed by atoms with Crippen molar-refractivity contribution in [3.05, 3.63) is 76.1 Å². The summed E-state index contributed by atoms with van der Waals surface area (Å²) in [6, 6.07) is 13.8. The van der Waals surface area contributed by atoms with Crippen LogP contribution in [0.4, 0.5) is 0 Å². The van der Waals surface area contributed by atoms with Crippen molar-refractivity contribution in [1.29, 1.82) is 0 Å². The fourth-order valence-electron chi connectivity index (χ4n) is 2.97. The average Bonchev–Trinajstić information content (AvgIpc) is 3.22. The Bertz CT molecular complexity index is 1300. The van der Waals surface area contributed by atoms with Crippen molar-refractivity contribution in [2.24, 2.45) is 0 Å². The second-order valence-electron chi connectivity index (χ2n) is 6.95. The maximum Gasteiger partial charge on any atom is 0.267 e. The van der Waals surface area contributed by atoms with E-state index in [4.69, 9.17) is 9.47 Å². The van der Waals surface area contributed by atoms with Crippen molar-refractivity contribution in [1.82, 2.24) is 15.1 Å². The molecule has 0 saturated carbocycles. The van der Waals surface area contributed by atoms with Gasteiger partial charge in [0.1, 0.15) is 6.54 Å². The minimum Gasteiger partial charge on any atom is -0.454 e. The molecule has 4 rings (SSSR count). The first-order valence-corrected chi connectivity index (χ1v) is 10.9. The number of aromatic nitrogens is 2. The number of fused-ring (bicyclic) bond motifs is 1. The quantitative estimate of drug-likeness (QED) is 0.615. The largest absolute Gasteiger partial charge is 0.454 e. The normalized spacial score (nSPS) is 12.5. The second-order valence-corrected chi connectivity index (χ2v) is 8.84. The fraction of sp³-hybridized carbons (Fsp3) is 0.190. The van der Waals surface area contributed by atoms with Gasteiger partial charge in [0.05, 0.1) is 4.90 Å². The summed E-state index contributed by atoms with van der Waals surface area (Å²) in [5.74, 6) is 0.744. The van der Waals surface area contributed by atoms with E-state index in [0.717, 1.165) is 27.9 Å². The van der Waals surface area contributed by atoms with E-state index in [1.54, 1.807) is 30.3 Å². The summed E-state index contributed by atoms with van der Waals surface area (Å²) in [6.45, 7) is 1.78. The average molecular weight is 441 g/mol. The third kappa shape index (κ3) is 4.43. The Balaban J connectivity index is 1.47. The van der Waals surface area contributed by atoms with Gasteiger partial charge in [0.15, 0.2) is 16.5 Å². The molecule has 1 aromatic heterocycles. The van der Waals surface area contributed by atoms with Crippen molar-refractivity contribution in [3.63, 3.8) is 0 Å². The van der Waals surface area contributed by atoms with Crippen LogP contribution in [0.15, 0.2) is 69.3 Å². The Morgan fingerprint density at radius 2 is 1.81 bits per heavy atom. The van der Waals surface area contributed by atoms with Crippen LogP contribution in [0.1, 0.15) is 11.1 Å². The zero-order valence-electron chi connectivity index (χ0n) is 16.6. The van der Waals surface area contributed by atoms with E-state index in [1.807, 2.05) is 6.92 Å². The minimum absolute atomic E-state index is 0.0584. The number of amides is 1. The van der Waals surface area contributed by atoms with Gasteiger partial charge in [-0.1, -0.05) is 23.8 Å². The van der Waals surface area contributed by atoms with E-state index in [2.05, 4.69) is 10.4 Å². The van der Waals surface area contributed by atoms with E-state index >= 15 is 0 Å². The van der Waals surface area contributed by atoms with Crippen molar-refractivity contribution >= 4 is 15.7 Å². The summed E-state index contributed by atoms with van der Waals surface area (Å²) in [6.07, 6.45) is 0. The van der Waals surface area contributed by atoms with E-state index in [1.165, 1.54) is 12.1 Å². The molecule has 31 heavy (non-hydrogen) atoms. The first-order chi connectivity index (χ1) is 14.8. The van der Waals surface area contributed by atoms with Crippen LogP contribution in [-0.4, -0.2) is 30.9 Å². The van der Waals surface area contributed by atoms with E-state index < -0.39 is 27.8 Å². The first kappa shape index (κ1) is 20.6. The van der Waals surface area contributed by atoms with E-state index in [-0.39, 0.29) is 23.3 Å². The molecule has 0 fully saturated rings. The molecule has 0 atom stereocenters. The summed E-state index contributed by atoms with van der Waals surface area (Å²) < 4.78 is 37.0. The highest BCUT2D eigenvalue weighted by Gasteiger charge is 2.21. The van der Waals surface area contributed by atoms with Crippen molar-refractivity contribution in [2.45, 2.75) is 29.9 Å². The molecule has 0 saturated heterocycles. The molecule has 2 heterocycles. The van der Waals surface area contributed by atoms with Gasteiger partial charge in [-0.25, -0.2) is 13.1 Å². The molecule has 0 spiro atoms. The molecule has 3 aromatic rings. The number of benzene rings is 2. The summed E-state index contributed by atoms with van der Waals surface area (Å²) in [5.41, 5.74) is 1.12. The van der Waals surface area contributed by atoms with Crippen LogP contribution in [-0.2, 0) is 27.7 Å². The number of hydrogen-bond donors (Lipinski definition) is 1. The number of hydrogen-bond acceptors (Lipinski definition) is 7. The topological polar surface area (TPSA) is 117 Å². The Morgan fingerprint density at radius 1 is 1.06 bits per heavy atom. The van der Waals surface area contributed by atoms with Gasteiger partial charge in [-0.15, -0.1) is 0 Å². The van der Waals surface area contributed by atoms with Gasteiger partial charge in [0.25, 0.3) is 5.56 Å². The van der Waals surface area contributed by atoms with Gasteiger partial charge in [0, 0.05) is 12.6 Å². The number of nitrogens with zero attached hydrogens (tertiary/aromatic N) is 2. The zero-order chi connectivity index (χ0) is 22.0. The molecule has 0 bridgehead atoms. The third-order valence-corrected chi connectivity index (χ3v) is 6.33. The summed E-state index contributed by atoms with van der Waals surface area (Å²) in [7, 11) is -3.92. The van der Waals surface area contributed by atoms with Crippen LogP contribution in [0.25, 0.3) is 0 Å². The van der Waals surface area contributed by atoms with Gasteiger partial charge in [-0.3, -0.25) is 9.59 Å². The maximum atomic E-state index is 12.8. The lowest BCUT2D eigenvalue weighted by Gasteiger charge is -2.09. The highest BCUT2D eigenvalue weighted by molar-refractivity contribution is 7.91. The fourth-order valence-corrected chi connectivity index (χ4v) is 4.16. The minimum atomic E-state index is -3.92. The van der Waals surface area contributed by atoms with Crippen LogP contribution in [0.3, 0.4) is 0 Å². The molecule has 0 unspecified atom stereocenters. The Labute approximate surface area is 178 Å². The van der Waals surface area contributed by atoms with Crippen molar-refractivity contribution in [2.75, 3.05) is 6.79 Å². The predicted molar refractivity (Wildman–Crippen MR) is 110 cm³/mol. The van der Waals surface area contributed by atoms with Gasteiger partial charge in [-0.2, -0.15) is 5.10 Å². The lowest BCUT2D eigenvalue weighted by Crippen LogP contribution is -2.33. The zero-order valence-corrected chi connectivity index (χ0v) is 17.4. The molecular formula is C21H19N3O6S. The van der Waals surface area contributed by atoms with Crippen LogP contribution in [0, 0.1) is 6.92 Å². The van der Waals surface area contributed by atoms with Crippen LogP contribution in [0.5, 0.6) is 11.5 Å². The lowest BCUT2D eigenvalue weighted by molar-refractivity contribution is -0.122. The summed E-state index contributed by atoms with van der Waals surface area (Å²) >= 11 is 0. The molecule has 0 radical (unpaired) electrons. The number of rotatable bonds is 6. The molecule has 1 amide bonds. The molecule has 2 aromatic carbocycles. The van der Waals surface area contributed by atoms with Gasteiger partial charge >= 0.3 is 0 Å².